The van der Waals surface area contributed by atoms with Gasteiger partial charge in [0.15, 0.2) is 0 Å². The van der Waals surface area contributed by atoms with Crippen LogP contribution in [0.3, 0.4) is 0 Å². The first kappa shape index (κ1) is 9.19. The highest BCUT2D eigenvalue weighted by atomic mass is 16.8. The Morgan fingerprint density at radius 1 is 1.27 bits per heavy atom. The Morgan fingerprint density at radius 3 is 2.93 bits per heavy atom. The molecule has 0 unspecified atom stereocenters. The SMILES string of the molecule is c1ccc(O[C@@H]2C[C@H]3CCCN3O2)cc1. The third-order valence-electron chi connectivity index (χ3n) is 3.05. The van der Waals surface area contributed by atoms with Crippen LogP contribution in [0.4, 0.5) is 0 Å². The van der Waals surface area contributed by atoms with Gasteiger partial charge in [-0.1, -0.05) is 18.2 Å². The Labute approximate surface area is 89.6 Å². The summed E-state index contributed by atoms with van der Waals surface area (Å²) in [6, 6.07) is 10.5. The van der Waals surface area contributed by atoms with E-state index in [1.165, 1.54) is 12.8 Å². The molecule has 0 aliphatic carbocycles. The number of hydrogen-bond donors (Lipinski definition) is 0. The molecule has 0 N–H and O–H groups in total. The summed E-state index contributed by atoms with van der Waals surface area (Å²) in [6.45, 7) is 1.05. The number of rotatable bonds is 2. The minimum atomic E-state index is -0.0855. The molecule has 0 radical (unpaired) electrons. The molecule has 3 rings (SSSR count). The molecule has 2 heterocycles. The van der Waals surface area contributed by atoms with E-state index in [-0.39, 0.29) is 6.29 Å². The fourth-order valence-electron chi connectivity index (χ4n) is 2.32. The topological polar surface area (TPSA) is 21.7 Å². The van der Waals surface area contributed by atoms with Crippen LogP contribution in [0.5, 0.6) is 5.75 Å². The van der Waals surface area contributed by atoms with Gasteiger partial charge in [-0.15, -0.1) is 0 Å². The van der Waals surface area contributed by atoms with Crippen molar-refractivity contribution in [2.24, 2.45) is 0 Å². The van der Waals surface area contributed by atoms with Crippen LogP contribution in [-0.2, 0) is 4.84 Å². The number of hydroxylamine groups is 2. The molecule has 2 aliphatic rings. The van der Waals surface area contributed by atoms with Crippen LogP contribution in [0.25, 0.3) is 0 Å². The van der Waals surface area contributed by atoms with Crippen molar-refractivity contribution in [3.05, 3.63) is 30.3 Å². The third kappa shape index (κ3) is 1.85. The van der Waals surface area contributed by atoms with Crippen LogP contribution >= 0.6 is 0 Å². The number of ether oxygens (including phenoxy) is 1. The van der Waals surface area contributed by atoms with Gasteiger partial charge in [-0.3, -0.25) is 4.84 Å². The van der Waals surface area contributed by atoms with Gasteiger partial charge in [0.25, 0.3) is 0 Å². The van der Waals surface area contributed by atoms with Crippen molar-refractivity contribution in [2.75, 3.05) is 6.54 Å². The highest BCUT2D eigenvalue weighted by molar-refractivity contribution is 5.21. The van der Waals surface area contributed by atoms with Crippen LogP contribution in [0.15, 0.2) is 30.3 Å². The fourth-order valence-corrected chi connectivity index (χ4v) is 2.32. The van der Waals surface area contributed by atoms with Crippen molar-refractivity contribution in [1.29, 1.82) is 0 Å². The minimum Gasteiger partial charge on any atom is -0.463 e. The standard InChI is InChI=1S/C12H15NO2/c1-2-6-11(7-3-1)14-12-9-10-5-4-8-13(10)15-12/h1-3,6-7,10,12H,4-5,8-9H2/t10-,12+/m1/s1. The molecular weight excluding hydrogens is 190 g/mol. The smallest absolute Gasteiger partial charge is 0.219 e. The lowest BCUT2D eigenvalue weighted by Gasteiger charge is -2.15. The summed E-state index contributed by atoms with van der Waals surface area (Å²) in [6.07, 6.45) is 3.41. The van der Waals surface area contributed by atoms with Crippen LogP contribution in [0, 0.1) is 0 Å². The summed E-state index contributed by atoms with van der Waals surface area (Å²) in [5.74, 6) is 0.892. The van der Waals surface area contributed by atoms with Gasteiger partial charge >= 0.3 is 0 Å². The molecule has 0 bridgehead atoms. The van der Waals surface area contributed by atoms with Gasteiger partial charge in [0, 0.05) is 19.0 Å². The zero-order chi connectivity index (χ0) is 10.1. The highest BCUT2D eigenvalue weighted by Crippen LogP contribution is 2.31. The molecule has 0 spiro atoms. The van der Waals surface area contributed by atoms with Crippen LogP contribution < -0.4 is 4.74 Å². The minimum absolute atomic E-state index is 0.0855. The number of para-hydroxylation sites is 1. The first-order chi connectivity index (χ1) is 7.42. The van der Waals surface area contributed by atoms with Gasteiger partial charge in [-0.2, -0.15) is 5.06 Å². The summed E-state index contributed by atoms with van der Waals surface area (Å²) in [4.78, 5) is 5.70. The molecule has 15 heavy (non-hydrogen) atoms. The molecule has 0 saturated carbocycles. The van der Waals surface area contributed by atoms with Gasteiger partial charge in [0.05, 0.1) is 0 Å². The number of benzene rings is 1. The summed E-state index contributed by atoms with van der Waals surface area (Å²) in [7, 11) is 0. The molecule has 3 heteroatoms. The molecule has 2 atom stereocenters. The van der Waals surface area contributed by atoms with E-state index in [0.29, 0.717) is 6.04 Å². The second kappa shape index (κ2) is 3.83. The average molecular weight is 205 g/mol. The summed E-state index contributed by atoms with van der Waals surface area (Å²) < 4.78 is 5.75. The molecule has 0 aromatic heterocycles. The van der Waals surface area contributed by atoms with E-state index >= 15 is 0 Å². The number of nitrogens with zero attached hydrogens (tertiary/aromatic N) is 1. The van der Waals surface area contributed by atoms with E-state index in [4.69, 9.17) is 9.57 Å². The molecule has 0 amide bonds. The zero-order valence-corrected chi connectivity index (χ0v) is 8.63. The van der Waals surface area contributed by atoms with Crippen molar-refractivity contribution >= 4 is 0 Å². The van der Waals surface area contributed by atoms with E-state index in [0.717, 1.165) is 18.7 Å². The quantitative estimate of drug-likeness (QED) is 0.738. The molecule has 1 aromatic rings. The normalized spacial score (nSPS) is 30.4. The summed E-state index contributed by atoms with van der Waals surface area (Å²) >= 11 is 0. The Kier molecular flexibility index (Phi) is 2.35. The van der Waals surface area contributed by atoms with Gasteiger partial charge in [-0.05, 0) is 25.0 Å². The second-order valence-electron chi connectivity index (χ2n) is 4.14. The monoisotopic (exact) mass is 205 g/mol. The summed E-state index contributed by atoms with van der Waals surface area (Å²) in [5.41, 5.74) is 0. The zero-order valence-electron chi connectivity index (χ0n) is 8.63. The highest BCUT2D eigenvalue weighted by Gasteiger charge is 2.37. The lowest BCUT2D eigenvalue weighted by atomic mass is 10.2. The summed E-state index contributed by atoms with van der Waals surface area (Å²) in [5, 5.41) is 2.08. The van der Waals surface area contributed by atoms with Crippen LogP contribution in [-0.4, -0.2) is 23.9 Å². The van der Waals surface area contributed by atoms with E-state index in [9.17, 15) is 0 Å². The van der Waals surface area contributed by atoms with Crippen molar-refractivity contribution in [1.82, 2.24) is 5.06 Å². The van der Waals surface area contributed by atoms with Crippen LogP contribution in [0.1, 0.15) is 19.3 Å². The van der Waals surface area contributed by atoms with Gasteiger partial charge in [0.1, 0.15) is 5.75 Å². The molecule has 2 fully saturated rings. The predicted octanol–water partition coefficient (Wildman–Crippen LogP) is 2.19. The van der Waals surface area contributed by atoms with Crippen molar-refractivity contribution in [3.8, 4) is 5.75 Å². The van der Waals surface area contributed by atoms with Gasteiger partial charge in [-0.25, -0.2) is 0 Å². The Morgan fingerprint density at radius 2 is 2.13 bits per heavy atom. The van der Waals surface area contributed by atoms with Crippen molar-refractivity contribution in [2.45, 2.75) is 31.6 Å². The molecule has 2 saturated heterocycles. The lowest BCUT2D eigenvalue weighted by Crippen LogP contribution is -2.22. The molecular formula is C12H15NO2. The average Bonchev–Trinajstić information content (AvgIpc) is 2.79. The Balaban J connectivity index is 1.62. The first-order valence-corrected chi connectivity index (χ1v) is 5.57. The number of fused-ring (bicyclic) bond motifs is 1. The second-order valence-corrected chi connectivity index (χ2v) is 4.14. The van der Waals surface area contributed by atoms with E-state index in [1.54, 1.807) is 0 Å². The van der Waals surface area contributed by atoms with Crippen LogP contribution in [0.2, 0.25) is 0 Å². The number of hydrogen-bond acceptors (Lipinski definition) is 3. The van der Waals surface area contributed by atoms with Gasteiger partial charge in [0.2, 0.25) is 6.29 Å². The Bertz CT molecular complexity index is 316. The first-order valence-electron chi connectivity index (χ1n) is 5.57. The molecule has 80 valence electrons. The lowest BCUT2D eigenvalue weighted by molar-refractivity contribution is -0.202. The van der Waals surface area contributed by atoms with Gasteiger partial charge < -0.3 is 4.74 Å². The fraction of sp³-hybridized carbons (Fsp3) is 0.500. The molecule has 1 aromatic carbocycles. The molecule has 2 aliphatic heterocycles. The third-order valence-corrected chi connectivity index (χ3v) is 3.05. The van der Waals surface area contributed by atoms with E-state index in [2.05, 4.69) is 5.06 Å². The maximum absolute atomic E-state index is 5.75. The van der Waals surface area contributed by atoms with E-state index in [1.807, 2.05) is 30.3 Å². The van der Waals surface area contributed by atoms with E-state index < -0.39 is 0 Å². The molecule has 3 nitrogen and oxygen atoms in total. The van der Waals surface area contributed by atoms with Crippen molar-refractivity contribution in [3.63, 3.8) is 0 Å². The Hall–Kier alpha value is -1.06. The maximum Gasteiger partial charge on any atom is 0.219 e. The van der Waals surface area contributed by atoms with Crippen molar-refractivity contribution < 1.29 is 9.57 Å². The maximum atomic E-state index is 5.75. The largest absolute Gasteiger partial charge is 0.463 e. The predicted molar refractivity (Wildman–Crippen MR) is 56.3 cm³/mol.